The number of sulfonamides is 1. The molecule has 0 aliphatic carbocycles. The smallest absolute Gasteiger partial charge is 0.240 e. The molecule has 2 rings (SSSR count). The summed E-state index contributed by atoms with van der Waals surface area (Å²) in [7, 11) is -2.08. The van der Waals surface area contributed by atoms with Crippen molar-refractivity contribution in [3.05, 3.63) is 53.1 Å². The molecule has 0 amide bonds. The van der Waals surface area contributed by atoms with Crippen LogP contribution in [0.15, 0.2) is 47.4 Å². The van der Waals surface area contributed by atoms with E-state index in [-0.39, 0.29) is 18.0 Å². The number of methoxy groups -OCH3 is 1. The molecule has 1 N–H and O–H groups in total. The topological polar surface area (TPSA) is 64.6 Å². The summed E-state index contributed by atoms with van der Waals surface area (Å²) in [4.78, 5) is 0.169. The molecule has 0 saturated carbocycles. The van der Waals surface area contributed by atoms with E-state index in [4.69, 9.17) is 21.1 Å². The minimum absolute atomic E-state index is 0.131. The third-order valence-corrected chi connectivity index (χ3v) is 5.24. The standard InChI is InChI=1S/C16H18ClNO4S/c1-12-13(17)6-5-9-16(12)23(19,20)18-10-11-22-15-8-4-3-7-14(15)21-2/h3-9,18H,10-11H2,1-2H3. The van der Waals surface area contributed by atoms with E-state index in [1.54, 1.807) is 38.3 Å². The van der Waals surface area contributed by atoms with Crippen LogP contribution in [0.2, 0.25) is 5.02 Å². The molecule has 23 heavy (non-hydrogen) atoms. The lowest BCUT2D eigenvalue weighted by Gasteiger charge is -2.12. The van der Waals surface area contributed by atoms with Crippen molar-refractivity contribution in [1.82, 2.24) is 4.72 Å². The van der Waals surface area contributed by atoms with Crippen LogP contribution in [0.25, 0.3) is 0 Å². The van der Waals surface area contributed by atoms with E-state index in [2.05, 4.69) is 4.72 Å². The van der Waals surface area contributed by atoms with Gasteiger partial charge in [-0.05, 0) is 36.8 Å². The van der Waals surface area contributed by atoms with E-state index in [0.29, 0.717) is 22.1 Å². The van der Waals surface area contributed by atoms with Gasteiger partial charge in [0.05, 0.1) is 12.0 Å². The monoisotopic (exact) mass is 355 g/mol. The highest BCUT2D eigenvalue weighted by Gasteiger charge is 2.17. The van der Waals surface area contributed by atoms with Crippen molar-refractivity contribution >= 4 is 21.6 Å². The SMILES string of the molecule is COc1ccccc1OCCNS(=O)(=O)c1cccc(Cl)c1C. The number of benzene rings is 2. The fourth-order valence-electron chi connectivity index (χ4n) is 2.03. The van der Waals surface area contributed by atoms with Crippen LogP contribution in [-0.4, -0.2) is 28.7 Å². The van der Waals surface area contributed by atoms with E-state index < -0.39 is 10.0 Å². The average molecular weight is 356 g/mol. The molecule has 5 nitrogen and oxygen atoms in total. The van der Waals surface area contributed by atoms with Crippen LogP contribution >= 0.6 is 11.6 Å². The van der Waals surface area contributed by atoms with Gasteiger partial charge in [-0.2, -0.15) is 0 Å². The third kappa shape index (κ3) is 4.37. The Morgan fingerprint density at radius 1 is 1.09 bits per heavy atom. The van der Waals surface area contributed by atoms with E-state index in [9.17, 15) is 8.42 Å². The summed E-state index contributed by atoms with van der Waals surface area (Å²) in [5.41, 5.74) is 0.521. The fourth-order valence-corrected chi connectivity index (χ4v) is 3.54. The molecule has 0 atom stereocenters. The molecule has 0 saturated heterocycles. The van der Waals surface area contributed by atoms with Crippen molar-refractivity contribution in [2.24, 2.45) is 0 Å². The Balaban J connectivity index is 1.97. The van der Waals surface area contributed by atoms with Crippen LogP contribution in [-0.2, 0) is 10.0 Å². The molecule has 0 bridgehead atoms. The Morgan fingerprint density at radius 2 is 1.78 bits per heavy atom. The second-order valence-electron chi connectivity index (χ2n) is 4.76. The summed E-state index contributed by atoms with van der Waals surface area (Å²) >= 11 is 5.96. The summed E-state index contributed by atoms with van der Waals surface area (Å²) in [6.45, 7) is 1.98. The summed E-state index contributed by atoms with van der Waals surface area (Å²) in [6, 6.07) is 12.0. The Labute approximate surface area is 141 Å². The maximum absolute atomic E-state index is 12.3. The molecule has 0 radical (unpaired) electrons. The average Bonchev–Trinajstić information content (AvgIpc) is 2.54. The van der Waals surface area contributed by atoms with Gasteiger partial charge in [0.1, 0.15) is 6.61 Å². The number of hydrogen-bond acceptors (Lipinski definition) is 4. The van der Waals surface area contributed by atoms with Crippen molar-refractivity contribution in [3.63, 3.8) is 0 Å². The number of rotatable bonds is 7. The zero-order chi connectivity index (χ0) is 16.9. The van der Waals surface area contributed by atoms with E-state index in [1.807, 2.05) is 12.1 Å². The molecule has 0 fully saturated rings. The summed E-state index contributed by atoms with van der Waals surface area (Å²) in [5.74, 6) is 1.16. The molecule has 0 aromatic heterocycles. The van der Waals surface area contributed by atoms with Crippen LogP contribution in [0.5, 0.6) is 11.5 Å². The van der Waals surface area contributed by atoms with Gasteiger partial charge in [0, 0.05) is 11.6 Å². The van der Waals surface area contributed by atoms with Crippen molar-refractivity contribution in [1.29, 1.82) is 0 Å². The lowest BCUT2D eigenvalue weighted by Crippen LogP contribution is -2.28. The number of nitrogens with one attached hydrogen (secondary N) is 1. The lowest BCUT2D eigenvalue weighted by atomic mass is 10.2. The summed E-state index contributed by atoms with van der Waals surface area (Å²) in [5, 5.41) is 0.415. The van der Waals surface area contributed by atoms with Crippen molar-refractivity contribution in [2.75, 3.05) is 20.3 Å². The van der Waals surface area contributed by atoms with Gasteiger partial charge in [0.2, 0.25) is 10.0 Å². The molecular formula is C16H18ClNO4S. The number of para-hydroxylation sites is 2. The first kappa shape index (κ1) is 17.6. The Bertz CT molecular complexity index is 777. The van der Waals surface area contributed by atoms with Gasteiger partial charge >= 0.3 is 0 Å². The Kier molecular flexibility index (Phi) is 5.87. The van der Waals surface area contributed by atoms with Crippen LogP contribution in [0.1, 0.15) is 5.56 Å². The van der Waals surface area contributed by atoms with Gasteiger partial charge in [0.25, 0.3) is 0 Å². The summed E-state index contributed by atoms with van der Waals surface area (Å²) < 4.78 is 37.8. The number of hydrogen-bond donors (Lipinski definition) is 1. The molecular weight excluding hydrogens is 338 g/mol. The second kappa shape index (κ2) is 7.68. The highest BCUT2D eigenvalue weighted by molar-refractivity contribution is 7.89. The molecule has 124 valence electrons. The van der Waals surface area contributed by atoms with Gasteiger partial charge in [-0.25, -0.2) is 13.1 Å². The first-order valence-corrected chi connectivity index (χ1v) is 8.82. The molecule has 0 heterocycles. The normalized spacial score (nSPS) is 11.3. The van der Waals surface area contributed by atoms with Crippen LogP contribution in [0, 0.1) is 6.92 Å². The molecule has 7 heteroatoms. The molecule has 0 spiro atoms. The zero-order valence-corrected chi connectivity index (χ0v) is 14.4. The Morgan fingerprint density at radius 3 is 2.48 bits per heavy atom. The maximum atomic E-state index is 12.3. The van der Waals surface area contributed by atoms with Gasteiger partial charge in [-0.15, -0.1) is 0 Å². The molecule has 0 unspecified atom stereocenters. The van der Waals surface area contributed by atoms with E-state index in [1.165, 1.54) is 6.07 Å². The maximum Gasteiger partial charge on any atom is 0.240 e. The first-order chi connectivity index (χ1) is 11.0. The molecule has 2 aromatic carbocycles. The minimum Gasteiger partial charge on any atom is -0.493 e. The first-order valence-electron chi connectivity index (χ1n) is 6.96. The quantitative estimate of drug-likeness (QED) is 0.775. The van der Waals surface area contributed by atoms with Gasteiger partial charge in [-0.1, -0.05) is 29.8 Å². The predicted octanol–water partition coefficient (Wildman–Crippen LogP) is 3.01. The van der Waals surface area contributed by atoms with Gasteiger partial charge in [0.15, 0.2) is 11.5 Å². The molecule has 0 aliphatic rings. The minimum atomic E-state index is -3.63. The largest absolute Gasteiger partial charge is 0.493 e. The fraction of sp³-hybridized carbons (Fsp3) is 0.250. The molecule has 2 aromatic rings. The van der Waals surface area contributed by atoms with Crippen LogP contribution in [0.4, 0.5) is 0 Å². The highest BCUT2D eigenvalue weighted by atomic mass is 35.5. The Hall–Kier alpha value is -1.76. The zero-order valence-electron chi connectivity index (χ0n) is 12.9. The van der Waals surface area contributed by atoms with Crippen molar-refractivity contribution in [2.45, 2.75) is 11.8 Å². The van der Waals surface area contributed by atoms with Gasteiger partial charge in [-0.3, -0.25) is 0 Å². The predicted molar refractivity (Wildman–Crippen MR) is 89.9 cm³/mol. The molecule has 0 aliphatic heterocycles. The summed E-state index contributed by atoms with van der Waals surface area (Å²) in [6.07, 6.45) is 0. The highest BCUT2D eigenvalue weighted by Crippen LogP contribution is 2.25. The second-order valence-corrected chi connectivity index (χ2v) is 6.90. The lowest BCUT2D eigenvalue weighted by molar-refractivity contribution is 0.298. The van der Waals surface area contributed by atoms with Gasteiger partial charge < -0.3 is 9.47 Å². The van der Waals surface area contributed by atoms with E-state index in [0.717, 1.165) is 0 Å². The number of halogens is 1. The van der Waals surface area contributed by atoms with E-state index >= 15 is 0 Å². The van der Waals surface area contributed by atoms with Crippen LogP contribution < -0.4 is 14.2 Å². The van der Waals surface area contributed by atoms with Crippen molar-refractivity contribution < 1.29 is 17.9 Å². The third-order valence-electron chi connectivity index (χ3n) is 3.23. The number of ether oxygens (including phenoxy) is 2. The van der Waals surface area contributed by atoms with Crippen LogP contribution in [0.3, 0.4) is 0 Å². The van der Waals surface area contributed by atoms with Crippen molar-refractivity contribution in [3.8, 4) is 11.5 Å².